The minimum atomic E-state index is -3.00. The molecule has 1 aliphatic rings. The van der Waals surface area contributed by atoms with E-state index < -0.39 is 15.7 Å². The molecule has 0 radical (unpaired) electrons. The molecule has 2 rings (SSSR count). The molecule has 3 N–H and O–H groups in total. The lowest BCUT2D eigenvalue weighted by molar-refractivity contribution is -0.119. The van der Waals surface area contributed by atoms with Gasteiger partial charge < -0.3 is 11.1 Å². The number of rotatable bonds is 4. The zero-order valence-electron chi connectivity index (χ0n) is 10.6. The number of carbonyl (C=O) groups is 1. The van der Waals surface area contributed by atoms with Gasteiger partial charge in [0, 0.05) is 16.6 Å². The zero-order chi connectivity index (χ0) is 14.8. The Morgan fingerprint density at radius 2 is 2.25 bits per heavy atom. The maximum absolute atomic E-state index is 12.9. The summed E-state index contributed by atoms with van der Waals surface area (Å²) in [4.78, 5) is 12.3. The van der Waals surface area contributed by atoms with Gasteiger partial charge in [0.25, 0.3) is 0 Å². The Labute approximate surface area is 121 Å². The number of halogens is 1. The third-order valence-corrected chi connectivity index (χ3v) is 5.79. The largest absolute Gasteiger partial charge is 0.398 e. The molecule has 1 unspecified atom stereocenters. The quantitative estimate of drug-likeness (QED) is 0.633. The minimum Gasteiger partial charge on any atom is -0.398 e. The first kappa shape index (κ1) is 15.1. The number of nitrogen functional groups attached to an aromatic ring is 1. The SMILES string of the molecule is Nc1cc(F)ccc1SCC(=O)NC1CCS(=O)(=O)C1. The van der Waals surface area contributed by atoms with Crippen LogP contribution in [0, 0.1) is 5.82 Å². The summed E-state index contributed by atoms with van der Waals surface area (Å²) in [5, 5.41) is 2.68. The molecule has 1 heterocycles. The van der Waals surface area contributed by atoms with Crippen LogP contribution in [-0.2, 0) is 14.6 Å². The van der Waals surface area contributed by atoms with Crippen LogP contribution in [0.25, 0.3) is 0 Å². The smallest absolute Gasteiger partial charge is 0.230 e. The highest BCUT2D eigenvalue weighted by molar-refractivity contribution is 8.00. The highest BCUT2D eigenvalue weighted by Crippen LogP contribution is 2.25. The maximum atomic E-state index is 12.9. The number of benzene rings is 1. The monoisotopic (exact) mass is 318 g/mol. The van der Waals surface area contributed by atoms with E-state index in [0.29, 0.717) is 11.3 Å². The molecule has 1 aliphatic heterocycles. The number of anilines is 1. The third kappa shape index (κ3) is 4.11. The molecule has 0 bridgehead atoms. The van der Waals surface area contributed by atoms with Gasteiger partial charge in [0.1, 0.15) is 5.82 Å². The van der Waals surface area contributed by atoms with Gasteiger partial charge in [-0.3, -0.25) is 4.79 Å². The Hall–Kier alpha value is -1.28. The number of carbonyl (C=O) groups excluding carboxylic acids is 1. The van der Waals surface area contributed by atoms with Crippen molar-refractivity contribution >= 4 is 33.2 Å². The van der Waals surface area contributed by atoms with Gasteiger partial charge in [-0.1, -0.05) is 0 Å². The highest BCUT2D eigenvalue weighted by Gasteiger charge is 2.28. The summed E-state index contributed by atoms with van der Waals surface area (Å²) < 4.78 is 35.4. The molecule has 0 spiro atoms. The van der Waals surface area contributed by atoms with Crippen molar-refractivity contribution in [2.45, 2.75) is 17.4 Å². The molecule has 1 amide bonds. The van der Waals surface area contributed by atoms with Gasteiger partial charge in [-0.25, -0.2) is 12.8 Å². The zero-order valence-corrected chi connectivity index (χ0v) is 12.3. The van der Waals surface area contributed by atoms with Crippen LogP contribution in [0.4, 0.5) is 10.1 Å². The number of sulfone groups is 1. The average Bonchev–Trinajstić information content (AvgIpc) is 2.67. The first-order chi connectivity index (χ1) is 9.35. The van der Waals surface area contributed by atoms with Crippen LogP contribution in [0.3, 0.4) is 0 Å². The average molecular weight is 318 g/mol. The van der Waals surface area contributed by atoms with Crippen molar-refractivity contribution < 1.29 is 17.6 Å². The Morgan fingerprint density at radius 3 is 2.85 bits per heavy atom. The topological polar surface area (TPSA) is 89.3 Å². The normalized spacial score (nSPS) is 20.8. The van der Waals surface area contributed by atoms with E-state index in [2.05, 4.69) is 5.32 Å². The fourth-order valence-corrected chi connectivity index (χ4v) is 4.41. The van der Waals surface area contributed by atoms with Gasteiger partial charge in [-0.05, 0) is 24.6 Å². The summed E-state index contributed by atoms with van der Waals surface area (Å²) in [6.07, 6.45) is 0.456. The predicted molar refractivity (Wildman–Crippen MR) is 76.7 cm³/mol. The van der Waals surface area contributed by atoms with E-state index >= 15 is 0 Å². The molecular weight excluding hydrogens is 303 g/mol. The van der Waals surface area contributed by atoms with Crippen LogP contribution in [0.15, 0.2) is 23.1 Å². The van der Waals surface area contributed by atoms with Crippen LogP contribution in [0.5, 0.6) is 0 Å². The van der Waals surface area contributed by atoms with E-state index in [1.807, 2.05) is 0 Å². The third-order valence-electron chi connectivity index (χ3n) is 2.93. The molecule has 0 saturated carbocycles. The second-order valence-electron chi connectivity index (χ2n) is 4.64. The molecule has 1 atom stereocenters. The Bertz CT molecular complexity index is 619. The highest BCUT2D eigenvalue weighted by atomic mass is 32.2. The molecule has 1 aromatic rings. The Balaban J connectivity index is 1.84. The second-order valence-corrected chi connectivity index (χ2v) is 7.88. The van der Waals surface area contributed by atoms with Crippen molar-refractivity contribution in [1.82, 2.24) is 5.32 Å². The van der Waals surface area contributed by atoms with E-state index in [0.717, 1.165) is 0 Å². The first-order valence-corrected chi connectivity index (χ1v) is 8.84. The minimum absolute atomic E-state index is 0.00208. The number of thioether (sulfide) groups is 1. The summed E-state index contributed by atoms with van der Waals surface area (Å²) in [6.45, 7) is 0. The number of hydrogen-bond donors (Lipinski definition) is 2. The van der Waals surface area contributed by atoms with Gasteiger partial charge in [-0.15, -0.1) is 11.8 Å². The van der Waals surface area contributed by atoms with Crippen molar-refractivity contribution in [1.29, 1.82) is 0 Å². The first-order valence-electron chi connectivity index (χ1n) is 6.03. The van der Waals surface area contributed by atoms with Crippen molar-refractivity contribution in [2.75, 3.05) is 23.0 Å². The van der Waals surface area contributed by atoms with Crippen molar-refractivity contribution in [3.63, 3.8) is 0 Å². The van der Waals surface area contributed by atoms with Crippen LogP contribution < -0.4 is 11.1 Å². The Morgan fingerprint density at radius 1 is 1.50 bits per heavy atom. The van der Waals surface area contributed by atoms with Crippen LogP contribution >= 0.6 is 11.8 Å². The van der Waals surface area contributed by atoms with Gasteiger partial charge in [-0.2, -0.15) is 0 Å². The van der Waals surface area contributed by atoms with Crippen LogP contribution in [0.2, 0.25) is 0 Å². The van der Waals surface area contributed by atoms with Crippen molar-refractivity contribution in [3.8, 4) is 0 Å². The summed E-state index contributed by atoms with van der Waals surface area (Å²) in [6, 6.07) is 3.69. The lowest BCUT2D eigenvalue weighted by Gasteiger charge is -2.11. The van der Waals surface area contributed by atoms with E-state index in [4.69, 9.17) is 5.73 Å². The van der Waals surface area contributed by atoms with E-state index in [1.54, 1.807) is 0 Å². The lowest BCUT2D eigenvalue weighted by atomic mass is 10.3. The summed E-state index contributed by atoms with van der Waals surface area (Å²) in [7, 11) is -3.00. The fourth-order valence-electron chi connectivity index (χ4n) is 1.97. The summed E-state index contributed by atoms with van der Waals surface area (Å²) in [5.74, 6) is -0.432. The molecule has 1 saturated heterocycles. The molecule has 1 fully saturated rings. The summed E-state index contributed by atoms with van der Waals surface area (Å²) >= 11 is 1.19. The van der Waals surface area contributed by atoms with E-state index in [-0.39, 0.29) is 34.9 Å². The molecule has 110 valence electrons. The summed E-state index contributed by atoms with van der Waals surface area (Å²) in [5.41, 5.74) is 5.92. The Kier molecular flexibility index (Phi) is 4.54. The van der Waals surface area contributed by atoms with Gasteiger partial charge in [0.2, 0.25) is 5.91 Å². The van der Waals surface area contributed by atoms with E-state index in [9.17, 15) is 17.6 Å². The second kappa shape index (κ2) is 6.01. The standard InChI is InChI=1S/C12H15FN2O3S2/c13-8-1-2-11(10(14)5-8)19-6-12(16)15-9-3-4-20(17,18)7-9/h1-2,5,9H,3-4,6-7,14H2,(H,15,16). The maximum Gasteiger partial charge on any atom is 0.230 e. The molecular formula is C12H15FN2O3S2. The van der Waals surface area contributed by atoms with Crippen LogP contribution in [0.1, 0.15) is 6.42 Å². The van der Waals surface area contributed by atoms with Crippen molar-refractivity contribution in [2.24, 2.45) is 0 Å². The number of nitrogens with one attached hydrogen (secondary N) is 1. The van der Waals surface area contributed by atoms with Gasteiger partial charge in [0.05, 0.1) is 17.3 Å². The van der Waals surface area contributed by atoms with Crippen LogP contribution in [-0.4, -0.2) is 37.6 Å². The molecule has 20 heavy (non-hydrogen) atoms. The van der Waals surface area contributed by atoms with Gasteiger partial charge in [0.15, 0.2) is 9.84 Å². The number of amides is 1. The molecule has 0 aliphatic carbocycles. The number of hydrogen-bond acceptors (Lipinski definition) is 5. The molecule has 0 aromatic heterocycles. The predicted octanol–water partition coefficient (Wildman–Crippen LogP) is 0.803. The fraction of sp³-hybridized carbons (Fsp3) is 0.417. The van der Waals surface area contributed by atoms with Crippen molar-refractivity contribution in [3.05, 3.63) is 24.0 Å². The molecule has 8 heteroatoms. The molecule has 5 nitrogen and oxygen atoms in total. The van der Waals surface area contributed by atoms with Gasteiger partial charge >= 0.3 is 0 Å². The number of nitrogens with two attached hydrogens (primary N) is 1. The van der Waals surface area contributed by atoms with E-state index in [1.165, 1.54) is 30.0 Å². The lowest BCUT2D eigenvalue weighted by Crippen LogP contribution is -2.36. The molecule has 1 aromatic carbocycles.